The van der Waals surface area contributed by atoms with Crippen LogP contribution in [0.1, 0.15) is 11.3 Å². The number of aryl methyl sites for hydroxylation is 1. The second kappa shape index (κ2) is 6.36. The second-order valence-corrected chi connectivity index (χ2v) is 4.71. The van der Waals surface area contributed by atoms with Gasteiger partial charge in [0.2, 0.25) is 4.77 Å². The van der Waals surface area contributed by atoms with Gasteiger partial charge in [0.15, 0.2) is 11.5 Å². The second-order valence-electron chi connectivity index (χ2n) is 4.32. The maximum atomic E-state index is 11.9. The summed E-state index contributed by atoms with van der Waals surface area (Å²) in [6.45, 7) is 1.47. The molecule has 0 saturated heterocycles. The number of ether oxygens (including phenoxy) is 1. The SMILES string of the molecule is COc1cc([N+](=O)[O-])cc(/C=N\n2c(=S)[nH]nc(C)c2=O)c1O. The van der Waals surface area contributed by atoms with Crippen LogP contribution in [0.2, 0.25) is 0 Å². The highest BCUT2D eigenvalue weighted by Crippen LogP contribution is 2.33. The number of H-pyrrole nitrogens is 1. The van der Waals surface area contributed by atoms with Crippen molar-refractivity contribution in [2.45, 2.75) is 6.92 Å². The lowest BCUT2D eigenvalue weighted by molar-refractivity contribution is -0.385. The lowest BCUT2D eigenvalue weighted by Crippen LogP contribution is -2.22. The first kappa shape index (κ1) is 16.3. The highest BCUT2D eigenvalue weighted by molar-refractivity contribution is 7.71. The highest BCUT2D eigenvalue weighted by Gasteiger charge is 2.16. The van der Waals surface area contributed by atoms with Crippen molar-refractivity contribution in [2.75, 3.05) is 7.11 Å². The number of rotatable bonds is 4. The number of phenols is 1. The number of non-ortho nitro benzene ring substituents is 1. The van der Waals surface area contributed by atoms with Crippen LogP contribution in [0.4, 0.5) is 5.69 Å². The molecule has 2 aromatic rings. The third kappa shape index (κ3) is 3.23. The van der Waals surface area contributed by atoms with Gasteiger partial charge in [-0.15, -0.1) is 0 Å². The quantitative estimate of drug-likeness (QED) is 0.369. The van der Waals surface area contributed by atoms with Gasteiger partial charge in [-0.25, -0.2) is 0 Å². The highest BCUT2D eigenvalue weighted by atomic mass is 32.1. The van der Waals surface area contributed by atoms with Gasteiger partial charge in [0.25, 0.3) is 11.2 Å². The predicted molar refractivity (Wildman–Crippen MR) is 82.7 cm³/mol. The zero-order valence-corrected chi connectivity index (χ0v) is 12.8. The van der Waals surface area contributed by atoms with E-state index in [1.807, 2.05) is 0 Å². The number of nitrogens with one attached hydrogen (secondary N) is 1. The largest absolute Gasteiger partial charge is 0.504 e. The summed E-state index contributed by atoms with van der Waals surface area (Å²) in [5.74, 6) is -0.445. The average molecular weight is 337 g/mol. The molecule has 120 valence electrons. The number of aromatic amines is 1. The Hall–Kier alpha value is -3.08. The molecule has 1 aromatic heterocycles. The first-order valence-electron chi connectivity index (χ1n) is 6.13. The van der Waals surface area contributed by atoms with E-state index in [0.29, 0.717) is 0 Å². The van der Waals surface area contributed by atoms with E-state index >= 15 is 0 Å². The molecule has 0 bridgehead atoms. The predicted octanol–water partition coefficient (Wildman–Crippen LogP) is 1.11. The van der Waals surface area contributed by atoms with Crippen molar-refractivity contribution in [2.24, 2.45) is 5.10 Å². The number of nitro groups is 1. The van der Waals surface area contributed by atoms with Crippen molar-refractivity contribution in [3.05, 3.63) is 48.6 Å². The number of aromatic hydroxyl groups is 1. The molecule has 0 unspecified atom stereocenters. The number of phenolic OH excluding ortho intramolecular Hbond substituents is 1. The molecule has 11 heteroatoms. The van der Waals surface area contributed by atoms with E-state index in [4.69, 9.17) is 17.0 Å². The van der Waals surface area contributed by atoms with Gasteiger partial charge >= 0.3 is 0 Å². The number of benzene rings is 1. The van der Waals surface area contributed by atoms with Crippen molar-refractivity contribution < 1.29 is 14.8 Å². The van der Waals surface area contributed by atoms with Gasteiger partial charge in [0, 0.05) is 11.6 Å². The van der Waals surface area contributed by atoms with Crippen LogP contribution in [-0.4, -0.2) is 38.2 Å². The molecule has 0 atom stereocenters. The molecule has 1 heterocycles. The van der Waals surface area contributed by atoms with Crippen LogP contribution in [0.25, 0.3) is 0 Å². The summed E-state index contributed by atoms with van der Waals surface area (Å²) in [6.07, 6.45) is 1.06. The van der Waals surface area contributed by atoms with E-state index in [-0.39, 0.29) is 33.2 Å². The molecular weight excluding hydrogens is 326 g/mol. The van der Waals surface area contributed by atoms with Crippen LogP contribution in [0.15, 0.2) is 22.0 Å². The summed E-state index contributed by atoms with van der Waals surface area (Å²) in [4.78, 5) is 22.2. The molecular formula is C12H11N5O5S. The van der Waals surface area contributed by atoms with Gasteiger partial charge in [-0.05, 0) is 19.1 Å². The number of hydrogen-bond donors (Lipinski definition) is 2. The van der Waals surface area contributed by atoms with E-state index in [1.54, 1.807) is 0 Å². The summed E-state index contributed by atoms with van der Waals surface area (Å²) < 4.78 is 5.66. The molecule has 0 radical (unpaired) electrons. The lowest BCUT2D eigenvalue weighted by atomic mass is 10.2. The molecule has 1 aromatic carbocycles. The smallest absolute Gasteiger partial charge is 0.296 e. The maximum absolute atomic E-state index is 11.9. The first-order valence-corrected chi connectivity index (χ1v) is 6.54. The lowest BCUT2D eigenvalue weighted by Gasteiger charge is -2.06. The Kier molecular flexibility index (Phi) is 4.50. The van der Waals surface area contributed by atoms with Crippen molar-refractivity contribution in [3.8, 4) is 11.5 Å². The normalized spacial score (nSPS) is 10.9. The molecule has 23 heavy (non-hydrogen) atoms. The van der Waals surface area contributed by atoms with Crippen molar-refractivity contribution in [3.63, 3.8) is 0 Å². The van der Waals surface area contributed by atoms with Crippen LogP contribution in [0.5, 0.6) is 11.5 Å². The summed E-state index contributed by atoms with van der Waals surface area (Å²) >= 11 is 4.90. The number of aromatic nitrogens is 3. The zero-order valence-electron chi connectivity index (χ0n) is 12.0. The Morgan fingerprint density at radius 3 is 2.87 bits per heavy atom. The first-order chi connectivity index (χ1) is 10.8. The number of methoxy groups -OCH3 is 1. The topological polar surface area (TPSA) is 136 Å². The van der Waals surface area contributed by atoms with E-state index in [9.17, 15) is 20.0 Å². The van der Waals surface area contributed by atoms with Crippen molar-refractivity contribution >= 4 is 24.1 Å². The van der Waals surface area contributed by atoms with Gasteiger partial charge < -0.3 is 9.84 Å². The van der Waals surface area contributed by atoms with E-state index in [2.05, 4.69) is 15.3 Å². The third-order valence-electron chi connectivity index (χ3n) is 2.85. The monoisotopic (exact) mass is 337 g/mol. The average Bonchev–Trinajstić information content (AvgIpc) is 2.52. The zero-order chi connectivity index (χ0) is 17.1. The molecule has 0 saturated carbocycles. The summed E-state index contributed by atoms with van der Waals surface area (Å²) in [6, 6.07) is 2.16. The molecule has 2 N–H and O–H groups in total. The molecule has 0 aliphatic rings. The summed E-state index contributed by atoms with van der Waals surface area (Å²) in [5, 5.41) is 30.8. The van der Waals surface area contributed by atoms with Gasteiger partial charge in [0.05, 0.1) is 24.3 Å². The van der Waals surface area contributed by atoms with Crippen LogP contribution in [0.3, 0.4) is 0 Å². The fourth-order valence-electron chi connectivity index (χ4n) is 1.67. The fraction of sp³-hybridized carbons (Fsp3) is 0.167. The number of nitro benzene ring substituents is 1. The molecule has 0 amide bonds. The van der Waals surface area contributed by atoms with Crippen molar-refractivity contribution in [1.82, 2.24) is 14.9 Å². The maximum Gasteiger partial charge on any atom is 0.296 e. The minimum Gasteiger partial charge on any atom is -0.504 e. The molecule has 2 rings (SSSR count). The third-order valence-corrected chi connectivity index (χ3v) is 3.11. The van der Waals surface area contributed by atoms with E-state index < -0.39 is 10.5 Å². The van der Waals surface area contributed by atoms with Crippen LogP contribution >= 0.6 is 12.2 Å². The fourth-order valence-corrected chi connectivity index (χ4v) is 1.85. The number of nitrogens with zero attached hydrogens (tertiary/aromatic N) is 4. The molecule has 0 spiro atoms. The Morgan fingerprint density at radius 2 is 2.26 bits per heavy atom. The Balaban J connectivity index is 2.58. The molecule has 0 aliphatic carbocycles. The minimum atomic E-state index is -0.645. The van der Waals surface area contributed by atoms with E-state index in [0.717, 1.165) is 23.0 Å². The van der Waals surface area contributed by atoms with Gasteiger partial charge in [-0.3, -0.25) is 20.0 Å². The molecule has 10 nitrogen and oxygen atoms in total. The van der Waals surface area contributed by atoms with Gasteiger partial charge in [0.1, 0.15) is 5.69 Å². The van der Waals surface area contributed by atoms with Crippen LogP contribution in [0, 0.1) is 21.8 Å². The number of hydrogen-bond acceptors (Lipinski definition) is 8. The van der Waals surface area contributed by atoms with Crippen molar-refractivity contribution in [1.29, 1.82) is 0 Å². The Morgan fingerprint density at radius 1 is 1.57 bits per heavy atom. The summed E-state index contributed by atoms with van der Waals surface area (Å²) in [5.41, 5.74) is -0.727. The van der Waals surface area contributed by atoms with E-state index in [1.165, 1.54) is 14.0 Å². The summed E-state index contributed by atoms with van der Waals surface area (Å²) in [7, 11) is 1.26. The van der Waals surface area contributed by atoms with Gasteiger partial charge in [-0.1, -0.05) is 0 Å². The van der Waals surface area contributed by atoms with Gasteiger partial charge in [-0.2, -0.15) is 14.9 Å². The Labute approximate surface area is 133 Å². The Bertz CT molecular complexity index is 917. The molecule has 0 fully saturated rings. The standard InChI is InChI=1S/C12H11N5O5S/c1-6-11(19)16(12(23)15-14-6)13-5-7-3-8(17(20)21)4-9(22-2)10(7)18/h3-5,18H,1-2H3,(H,15,23)/b13-5-. The minimum absolute atomic E-state index is 0.00758. The van der Waals surface area contributed by atoms with Crippen LogP contribution < -0.4 is 10.3 Å². The molecule has 0 aliphatic heterocycles. The van der Waals surface area contributed by atoms with Crippen LogP contribution in [-0.2, 0) is 0 Å².